The first-order valence-corrected chi connectivity index (χ1v) is 4.90. The molecule has 1 rings (SSSR count). The molecule has 0 aliphatic rings. The van der Waals surface area contributed by atoms with Gasteiger partial charge in [-0.05, 0) is 24.1 Å². The predicted octanol–water partition coefficient (Wildman–Crippen LogP) is 2.72. The fraction of sp³-hybridized carbons (Fsp3) is 0.364. The van der Waals surface area contributed by atoms with Crippen LogP contribution in [-0.2, 0) is 0 Å². The van der Waals surface area contributed by atoms with Crippen molar-refractivity contribution in [3.05, 3.63) is 34.9 Å². The van der Waals surface area contributed by atoms with Crippen LogP contribution in [0, 0.1) is 11.3 Å². The van der Waals surface area contributed by atoms with E-state index in [0.717, 1.165) is 5.56 Å². The van der Waals surface area contributed by atoms with E-state index < -0.39 is 12.0 Å². The van der Waals surface area contributed by atoms with Gasteiger partial charge in [-0.15, -0.1) is 0 Å². The molecule has 2 unspecified atom stereocenters. The molecule has 0 amide bonds. The summed E-state index contributed by atoms with van der Waals surface area (Å²) in [5.41, 5.74) is 0.811. The first-order valence-electron chi connectivity index (χ1n) is 4.52. The molecule has 0 aromatic heterocycles. The van der Waals surface area contributed by atoms with Crippen molar-refractivity contribution in [3.63, 3.8) is 0 Å². The highest BCUT2D eigenvalue weighted by Crippen LogP contribution is 2.22. The van der Waals surface area contributed by atoms with Crippen molar-refractivity contribution in [3.8, 4) is 6.07 Å². The highest BCUT2D eigenvalue weighted by Gasteiger charge is 2.18. The van der Waals surface area contributed by atoms with Crippen LogP contribution in [0.5, 0.6) is 0 Å². The van der Waals surface area contributed by atoms with Gasteiger partial charge in [0.2, 0.25) is 0 Å². The van der Waals surface area contributed by atoms with Crippen LogP contribution >= 0.6 is 11.6 Å². The second kappa shape index (κ2) is 4.99. The molecule has 2 atom stereocenters. The molecule has 0 bridgehead atoms. The summed E-state index contributed by atoms with van der Waals surface area (Å²) in [5, 5.41) is 19.1. The van der Waals surface area contributed by atoms with Crippen LogP contribution in [0.1, 0.15) is 24.8 Å². The fourth-order valence-electron chi connectivity index (χ4n) is 1.29. The number of nitriles is 1. The van der Waals surface area contributed by atoms with E-state index in [1.165, 1.54) is 0 Å². The molecule has 0 saturated heterocycles. The van der Waals surface area contributed by atoms with Gasteiger partial charge < -0.3 is 5.11 Å². The lowest BCUT2D eigenvalue weighted by molar-refractivity contribution is 0.157. The number of aliphatic hydroxyl groups is 1. The quantitative estimate of drug-likeness (QED) is 0.832. The second-order valence-electron chi connectivity index (χ2n) is 3.13. The molecule has 1 N–H and O–H groups in total. The lowest BCUT2D eigenvalue weighted by Crippen LogP contribution is -2.15. The third kappa shape index (κ3) is 2.47. The Hall–Kier alpha value is -1.04. The third-order valence-corrected chi connectivity index (χ3v) is 2.42. The van der Waals surface area contributed by atoms with Crippen molar-refractivity contribution in [1.29, 1.82) is 5.26 Å². The molecular formula is C11H12ClNO. The van der Waals surface area contributed by atoms with E-state index in [1.54, 1.807) is 24.3 Å². The van der Waals surface area contributed by atoms with Gasteiger partial charge in [0.25, 0.3) is 0 Å². The number of aliphatic hydroxyl groups excluding tert-OH is 1. The van der Waals surface area contributed by atoms with Crippen LogP contribution in [0.15, 0.2) is 24.3 Å². The molecule has 0 radical (unpaired) electrons. The SMILES string of the molecule is CCC(O)C(C#N)c1ccc(Cl)cc1. The van der Waals surface area contributed by atoms with Gasteiger partial charge in [0.05, 0.1) is 18.1 Å². The van der Waals surface area contributed by atoms with E-state index in [-0.39, 0.29) is 0 Å². The maximum absolute atomic E-state index is 9.58. The van der Waals surface area contributed by atoms with Gasteiger partial charge in [0.15, 0.2) is 0 Å². The minimum atomic E-state index is -0.610. The summed E-state index contributed by atoms with van der Waals surface area (Å²) in [6.07, 6.45) is -0.0397. The van der Waals surface area contributed by atoms with Crippen molar-refractivity contribution in [1.82, 2.24) is 0 Å². The Bertz CT molecular complexity index is 328. The number of benzene rings is 1. The second-order valence-corrected chi connectivity index (χ2v) is 3.57. The summed E-state index contributed by atoms with van der Waals surface area (Å²) in [4.78, 5) is 0. The maximum Gasteiger partial charge on any atom is 0.0971 e. The van der Waals surface area contributed by atoms with Crippen molar-refractivity contribution in [2.24, 2.45) is 0 Å². The van der Waals surface area contributed by atoms with E-state index in [0.29, 0.717) is 11.4 Å². The minimum Gasteiger partial charge on any atom is -0.391 e. The summed E-state index contributed by atoms with van der Waals surface area (Å²) in [6, 6.07) is 9.09. The smallest absolute Gasteiger partial charge is 0.0971 e. The zero-order valence-electron chi connectivity index (χ0n) is 7.94. The Morgan fingerprint density at radius 1 is 1.43 bits per heavy atom. The number of hydrogen-bond donors (Lipinski definition) is 1. The van der Waals surface area contributed by atoms with Gasteiger partial charge in [-0.25, -0.2) is 0 Å². The lowest BCUT2D eigenvalue weighted by Gasteiger charge is -2.14. The fourth-order valence-corrected chi connectivity index (χ4v) is 1.41. The van der Waals surface area contributed by atoms with E-state index in [4.69, 9.17) is 16.9 Å². The number of nitrogens with zero attached hydrogens (tertiary/aromatic N) is 1. The van der Waals surface area contributed by atoms with Gasteiger partial charge >= 0.3 is 0 Å². The molecule has 0 saturated carbocycles. The minimum absolute atomic E-state index is 0.461. The Kier molecular flexibility index (Phi) is 3.94. The van der Waals surface area contributed by atoms with Gasteiger partial charge in [-0.2, -0.15) is 5.26 Å². The van der Waals surface area contributed by atoms with Crippen LogP contribution in [0.2, 0.25) is 5.02 Å². The summed E-state index contributed by atoms with van der Waals surface area (Å²) in [6.45, 7) is 1.85. The van der Waals surface area contributed by atoms with Gasteiger partial charge in [0.1, 0.15) is 0 Å². The molecule has 0 aliphatic carbocycles. The molecule has 14 heavy (non-hydrogen) atoms. The number of rotatable bonds is 3. The van der Waals surface area contributed by atoms with Crippen molar-refractivity contribution < 1.29 is 5.11 Å². The zero-order chi connectivity index (χ0) is 10.6. The Balaban J connectivity index is 2.91. The molecule has 3 heteroatoms. The van der Waals surface area contributed by atoms with Crippen LogP contribution in [0.4, 0.5) is 0 Å². The molecule has 0 aliphatic heterocycles. The number of hydrogen-bond acceptors (Lipinski definition) is 2. The molecule has 1 aromatic carbocycles. The van der Waals surface area contributed by atoms with Crippen LogP contribution < -0.4 is 0 Å². The number of halogens is 1. The summed E-state index contributed by atoms with van der Waals surface area (Å²) < 4.78 is 0. The molecular weight excluding hydrogens is 198 g/mol. The maximum atomic E-state index is 9.58. The van der Waals surface area contributed by atoms with E-state index >= 15 is 0 Å². The lowest BCUT2D eigenvalue weighted by atomic mass is 9.93. The standard InChI is InChI=1S/C11H12ClNO/c1-2-11(14)10(7-13)8-3-5-9(12)6-4-8/h3-6,10-11,14H,2H2,1H3. The molecule has 0 spiro atoms. The van der Waals surface area contributed by atoms with E-state index in [2.05, 4.69) is 6.07 Å². The Morgan fingerprint density at radius 3 is 2.43 bits per heavy atom. The third-order valence-electron chi connectivity index (χ3n) is 2.17. The van der Waals surface area contributed by atoms with Crippen molar-refractivity contribution >= 4 is 11.6 Å². The van der Waals surface area contributed by atoms with Crippen LogP contribution in [0.25, 0.3) is 0 Å². The summed E-state index contributed by atoms with van der Waals surface area (Å²) in [7, 11) is 0. The van der Waals surface area contributed by atoms with E-state index in [1.807, 2.05) is 6.92 Å². The monoisotopic (exact) mass is 209 g/mol. The van der Waals surface area contributed by atoms with Crippen LogP contribution in [0.3, 0.4) is 0 Å². The molecule has 2 nitrogen and oxygen atoms in total. The normalized spacial score (nSPS) is 14.4. The highest BCUT2D eigenvalue weighted by molar-refractivity contribution is 6.30. The van der Waals surface area contributed by atoms with Gasteiger partial charge in [-0.1, -0.05) is 30.7 Å². The van der Waals surface area contributed by atoms with Crippen molar-refractivity contribution in [2.45, 2.75) is 25.4 Å². The zero-order valence-corrected chi connectivity index (χ0v) is 8.70. The average molecular weight is 210 g/mol. The molecule has 74 valence electrons. The first-order chi connectivity index (χ1) is 6.69. The first kappa shape index (κ1) is 11.0. The largest absolute Gasteiger partial charge is 0.391 e. The predicted molar refractivity (Wildman–Crippen MR) is 56.1 cm³/mol. The highest BCUT2D eigenvalue weighted by atomic mass is 35.5. The van der Waals surface area contributed by atoms with Gasteiger partial charge in [0, 0.05) is 5.02 Å². The summed E-state index contributed by atoms with van der Waals surface area (Å²) in [5.74, 6) is -0.461. The molecule has 0 heterocycles. The Labute approximate surface area is 88.7 Å². The van der Waals surface area contributed by atoms with E-state index in [9.17, 15) is 5.11 Å². The summed E-state index contributed by atoms with van der Waals surface area (Å²) >= 11 is 5.73. The van der Waals surface area contributed by atoms with Crippen LogP contribution in [-0.4, -0.2) is 11.2 Å². The topological polar surface area (TPSA) is 44.0 Å². The molecule has 1 aromatic rings. The Morgan fingerprint density at radius 2 is 2.00 bits per heavy atom. The van der Waals surface area contributed by atoms with Crippen molar-refractivity contribution in [2.75, 3.05) is 0 Å². The van der Waals surface area contributed by atoms with Gasteiger partial charge in [-0.3, -0.25) is 0 Å². The average Bonchev–Trinajstić information content (AvgIpc) is 2.21. The molecule has 0 fully saturated rings.